The van der Waals surface area contributed by atoms with E-state index < -0.39 is 21.9 Å². The van der Waals surface area contributed by atoms with Gasteiger partial charge in [-0.25, -0.2) is 17.5 Å². The first-order valence-electron chi connectivity index (χ1n) is 8.58. The van der Waals surface area contributed by atoms with Crippen LogP contribution >= 0.6 is 0 Å². The minimum atomic E-state index is -3.94. The van der Waals surface area contributed by atoms with Crippen LogP contribution in [0.15, 0.2) is 47.4 Å². The number of hydrogen-bond acceptors (Lipinski definition) is 5. The summed E-state index contributed by atoms with van der Waals surface area (Å²) < 4.78 is 52.0. The zero-order valence-electron chi connectivity index (χ0n) is 15.3. The fourth-order valence-corrected chi connectivity index (χ4v) is 3.48. The molecule has 0 bridgehead atoms. The molecule has 0 aliphatic carbocycles. The van der Waals surface area contributed by atoms with E-state index in [2.05, 4.69) is 4.72 Å². The van der Waals surface area contributed by atoms with Crippen LogP contribution in [-0.2, 0) is 14.8 Å². The second-order valence-electron chi connectivity index (χ2n) is 5.87. The molecule has 0 radical (unpaired) electrons. The first-order valence-corrected chi connectivity index (χ1v) is 10.1. The average Bonchev–Trinajstić information content (AvgIpc) is 2.64. The highest BCUT2D eigenvalue weighted by Gasteiger charge is 2.20. The molecule has 0 spiro atoms. The third-order valence-corrected chi connectivity index (χ3v) is 5.25. The maximum absolute atomic E-state index is 14.0. The summed E-state index contributed by atoms with van der Waals surface area (Å²) in [6.07, 6.45) is -0.583. The van der Waals surface area contributed by atoms with Crippen LogP contribution in [0.2, 0.25) is 0 Å². The van der Waals surface area contributed by atoms with E-state index >= 15 is 0 Å². The standard InChI is InChI=1S/C19H24FNO5S/c1-3-25-18-9-8-16(12-17(18)20)27(23,24)21-13-19(26-11-10-22)15-6-4-14(2)5-7-15/h4-9,12,19,21-22H,3,10-11,13H2,1-2H3/t19-/m0/s1. The number of sulfonamides is 1. The molecule has 0 fully saturated rings. The van der Waals surface area contributed by atoms with Gasteiger partial charge in [-0.15, -0.1) is 0 Å². The zero-order chi connectivity index (χ0) is 19.9. The molecule has 2 aromatic rings. The largest absolute Gasteiger partial charge is 0.491 e. The number of benzene rings is 2. The topological polar surface area (TPSA) is 84.9 Å². The smallest absolute Gasteiger partial charge is 0.240 e. The normalized spacial score (nSPS) is 12.7. The second-order valence-corrected chi connectivity index (χ2v) is 7.64. The van der Waals surface area contributed by atoms with Gasteiger partial charge in [0.1, 0.15) is 0 Å². The summed E-state index contributed by atoms with van der Waals surface area (Å²) in [5, 5.41) is 9.00. The predicted octanol–water partition coefficient (Wildman–Crippen LogP) is 2.56. The van der Waals surface area contributed by atoms with Gasteiger partial charge in [0.05, 0.1) is 30.8 Å². The van der Waals surface area contributed by atoms with Gasteiger partial charge < -0.3 is 14.6 Å². The first-order chi connectivity index (χ1) is 12.9. The van der Waals surface area contributed by atoms with Gasteiger partial charge in [-0.2, -0.15) is 0 Å². The number of nitrogens with one attached hydrogen (secondary N) is 1. The Balaban J connectivity index is 2.14. The highest BCUT2D eigenvalue weighted by molar-refractivity contribution is 7.89. The van der Waals surface area contributed by atoms with Gasteiger partial charge in [0.2, 0.25) is 10.0 Å². The van der Waals surface area contributed by atoms with E-state index in [9.17, 15) is 12.8 Å². The van der Waals surface area contributed by atoms with Crippen molar-refractivity contribution >= 4 is 10.0 Å². The van der Waals surface area contributed by atoms with E-state index in [1.165, 1.54) is 12.1 Å². The molecular weight excluding hydrogens is 373 g/mol. The van der Waals surface area contributed by atoms with Crippen molar-refractivity contribution in [1.29, 1.82) is 0 Å². The number of ether oxygens (including phenoxy) is 2. The van der Waals surface area contributed by atoms with Crippen molar-refractivity contribution in [2.24, 2.45) is 0 Å². The summed E-state index contributed by atoms with van der Waals surface area (Å²) in [7, 11) is -3.94. The van der Waals surface area contributed by atoms with E-state index in [4.69, 9.17) is 14.6 Å². The van der Waals surface area contributed by atoms with Crippen LogP contribution in [0.3, 0.4) is 0 Å². The van der Waals surface area contributed by atoms with E-state index in [0.29, 0.717) is 0 Å². The van der Waals surface area contributed by atoms with Gasteiger partial charge in [0.25, 0.3) is 0 Å². The molecule has 0 saturated carbocycles. The Hall–Kier alpha value is -2.00. The van der Waals surface area contributed by atoms with Gasteiger partial charge >= 0.3 is 0 Å². The van der Waals surface area contributed by atoms with Gasteiger partial charge in [0, 0.05) is 6.54 Å². The van der Waals surface area contributed by atoms with Crippen molar-refractivity contribution in [3.05, 3.63) is 59.4 Å². The summed E-state index contributed by atoms with van der Waals surface area (Å²) in [6, 6.07) is 10.9. The van der Waals surface area contributed by atoms with Crippen molar-refractivity contribution in [2.75, 3.05) is 26.4 Å². The van der Waals surface area contributed by atoms with Gasteiger partial charge in [-0.3, -0.25) is 0 Å². The molecule has 2 aromatic carbocycles. The Bertz CT molecular complexity index is 840. The molecule has 0 amide bonds. The van der Waals surface area contributed by atoms with E-state index in [1.807, 2.05) is 31.2 Å². The lowest BCUT2D eigenvalue weighted by Crippen LogP contribution is -2.30. The van der Waals surface area contributed by atoms with Crippen LogP contribution < -0.4 is 9.46 Å². The van der Waals surface area contributed by atoms with Gasteiger partial charge in [0.15, 0.2) is 11.6 Å². The van der Waals surface area contributed by atoms with Crippen molar-refractivity contribution in [3.63, 3.8) is 0 Å². The molecule has 6 nitrogen and oxygen atoms in total. The molecule has 2 N–H and O–H groups in total. The summed E-state index contributed by atoms with van der Waals surface area (Å²) in [5.74, 6) is -0.744. The van der Waals surface area contributed by atoms with Crippen LogP contribution in [-0.4, -0.2) is 39.9 Å². The zero-order valence-corrected chi connectivity index (χ0v) is 16.1. The summed E-state index contributed by atoms with van der Waals surface area (Å²) in [6.45, 7) is 3.76. The maximum Gasteiger partial charge on any atom is 0.240 e. The van der Waals surface area contributed by atoms with E-state index in [0.717, 1.165) is 17.2 Å². The lowest BCUT2D eigenvalue weighted by Gasteiger charge is -2.19. The maximum atomic E-state index is 14.0. The number of aryl methyl sites for hydroxylation is 1. The molecule has 0 aliphatic rings. The van der Waals surface area contributed by atoms with Crippen LogP contribution in [0.5, 0.6) is 5.75 Å². The molecular formula is C19H24FNO5S. The fourth-order valence-electron chi connectivity index (χ4n) is 2.44. The van der Waals surface area contributed by atoms with E-state index in [-0.39, 0.29) is 37.0 Å². The lowest BCUT2D eigenvalue weighted by atomic mass is 10.1. The molecule has 8 heteroatoms. The Kier molecular flexibility index (Phi) is 7.73. The van der Waals surface area contributed by atoms with Crippen LogP contribution in [0.1, 0.15) is 24.2 Å². The summed E-state index contributed by atoms with van der Waals surface area (Å²) in [5.41, 5.74) is 1.83. The number of aliphatic hydroxyl groups is 1. The number of aliphatic hydroxyl groups excluding tert-OH is 1. The predicted molar refractivity (Wildman–Crippen MR) is 99.7 cm³/mol. The third-order valence-electron chi connectivity index (χ3n) is 3.83. The van der Waals surface area contributed by atoms with Crippen LogP contribution in [0.4, 0.5) is 4.39 Å². The molecule has 148 valence electrons. The highest BCUT2D eigenvalue weighted by Crippen LogP contribution is 2.22. The Labute approximate surface area is 159 Å². The Morgan fingerprint density at radius 1 is 1.19 bits per heavy atom. The number of hydrogen-bond donors (Lipinski definition) is 2. The Morgan fingerprint density at radius 2 is 1.89 bits per heavy atom. The first kappa shape index (κ1) is 21.3. The van der Waals surface area contributed by atoms with Gasteiger partial charge in [-0.1, -0.05) is 29.8 Å². The van der Waals surface area contributed by atoms with Crippen molar-refractivity contribution in [2.45, 2.75) is 24.8 Å². The lowest BCUT2D eigenvalue weighted by molar-refractivity contribution is 0.0309. The third kappa shape index (κ3) is 6.00. The highest BCUT2D eigenvalue weighted by atomic mass is 32.2. The molecule has 1 atom stereocenters. The van der Waals surface area contributed by atoms with Crippen molar-refractivity contribution in [3.8, 4) is 5.75 Å². The molecule has 27 heavy (non-hydrogen) atoms. The van der Waals surface area contributed by atoms with Crippen LogP contribution in [0.25, 0.3) is 0 Å². The molecule has 0 unspecified atom stereocenters. The minimum Gasteiger partial charge on any atom is -0.491 e. The molecule has 0 aromatic heterocycles. The Morgan fingerprint density at radius 3 is 2.48 bits per heavy atom. The minimum absolute atomic E-state index is 0.000242. The molecule has 0 aliphatic heterocycles. The van der Waals surface area contributed by atoms with Crippen molar-refractivity contribution < 1.29 is 27.4 Å². The second kappa shape index (κ2) is 9.80. The molecule has 2 rings (SSSR count). The monoisotopic (exact) mass is 397 g/mol. The summed E-state index contributed by atoms with van der Waals surface area (Å²) in [4.78, 5) is -0.201. The quantitative estimate of drug-likeness (QED) is 0.644. The summed E-state index contributed by atoms with van der Waals surface area (Å²) >= 11 is 0. The van der Waals surface area contributed by atoms with Crippen molar-refractivity contribution in [1.82, 2.24) is 4.72 Å². The molecule has 0 heterocycles. The SMILES string of the molecule is CCOc1ccc(S(=O)(=O)NC[C@H](OCCO)c2ccc(C)cc2)cc1F. The average molecular weight is 397 g/mol. The van der Waals surface area contributed by atoms with Gasteiger partial charge in [-0.05, 0) is 37.6 Å². The van der Waals surface area contributed by atoms with E-state index in [1.54, 1.807) is 6.92 Å². The molecule has 0 saturated heterocycles. The fraction of sp³-hybridized carbons (Fsp3) is 0.368. The number of rotatable bonds is 10. The van der Waals surface area contributed by atoms with Crippen LogP contribution in [0, 0.1) is 12.7 Å². The number of halogens is 1.